The molecule has 2 aromatic heterocycles. The summed E-state index contributed by atoms with van der Waals surface area (Å²) in [5, 5.41) is 3.87. The molecule has 4 aromatic rings. The van der Waals surface area contributed by atoms with Crippen LogP contribution in [0.25, 0.3) is 10.9 Å². The third-order valence-corrected chi connectivity index (χ3v) is 6.86. The van der Waals surface area contributed by atoms with Gasteiger partial charge in [-0.1, -0.05) is 55.5 Å². The van der Waals surface area contributed by atoms with Crippen LogP contribution in [0.4, 0.5) is 16.6 Å². The number of benzene rings is 2. The van der Waals surface area contributed by atoms with Gasteiger partial charge in [-0.25, -0.2) is 4.98 Å². The van der Waals surface area contributed by atoms with E-state index in [0.29, 0.717) is 5.13 Å². The van der Waals surface area contributed by atoms with E-state index in [4.69, 9.17) is 10.7 Å². The lowest BCUT2D eigenvalue weighted by Gasteiger charge is -2.52. The average Bonchev–Trinajstić information content (AvgIpc) is 3.24. The van der Waals surface area contributed by atoms with Gasteiger partial charge in [0.15, 0.2) is 5.13 Å². The topological polar surface area (TPSA) is 58.3 Å². The van der Waals surface area contributed by atoms with Gasteiger partial charge in [0, 0.05) is 36.6 Å². The number of hydrogen-bond donors (Lipinski definition) is 1. The molecule has 1 aliphatic rings. The quantitative estimate of drug-likeness (QED) is 0.513. The summed E-state index contributed by atoms with van der Waals surface area (Å²) in [5.74, 6) is 0.971. The molecule has 3 heterocycles. The molecule has 2 N–H and O–H groups in total. The molecule has 0 radical (unpaired) electrons. The summed E-state index contributed by atoms with van der Waals surface area (Å²) in [7, 11) is 0. The van der Waals surface area contributed by atoms with Crippen molar-refractivity contribution in [3.05, 3.63) is 77.8 Å². The molecular weight excluding hydrogens is 390 g/mol. The number of nitrogen functional groups attached to an aromatic ring is 1. The van der Waals surface area contributed by atoms with Crippen molar-refractivity contribution < 1.29 is 0 Å². The van der Waals surface area contributed by atoms with Gasteiger partial charge < -0.3 is 15.5 Å². The second-order valence-electron chi connectivity index (χ2n) is 7.72. The number of piperazine rings is 1. The van der Waals surface area contributed by atoms with Crippen LogP contribution in [0.3, 0.4) is 0 Å². The van der Waals surface area contributed by atoms with Crippen molar-refractivity contribution in [2.24, 2.45) is 0 Å². The first-order valence-electron chi connectivity index (χ1n) is 10.3. The van der Waals surface area contributed by atoms with Crippen molar-refractivity contribution in [1.29, 1.82) is 0 Å². The van der Waals surface area contributed by atoms with Crippen LogP contribution in [0.15, 0.2) is 72.2 Å². The predicted molar refractivity (Wildman–Crippen MR) is 126 cm³/mol. The van der Waals surface area contributed by atoms with Gasteiger partial charge in [-0.3, -0.25) is 4.98 Å². The van der Waals surface area contributed by atoms with Crippen LogP contribution in [0, 0.1) is 0 Å². The molecule has 152 valence electrons. The van der Waals surface area contributed by atoms with E-state index in [2.05, 4.69) is 81.7 Å². The van der Waals surface area contributed by atoms with Crippen LogP contribution >= 0.6 is 11.3 Å². The van der Waals surface area contributed by atoms with Gasteiger partial charge in [0.1, 0.15) is 5.82 Å². The molecule has 0 saturated carbocycles. The Kier molecular flexibility index (Phi) is 4.79. The summed E-state index contributed by atoms with van der Waals surface area (Å²) in [4.78, 5) is 14.3. The highest BCUT2D eigenvalue weighted by molar-refractivity contribution is 7.13. The number of nitrogens with zero attached hydrogens (tertiary/aromatic N) is 4. The van der Waals surface area contributed by atoms with Crippen molar-refractivity contribution >= 4 is 38.9 Å². The summed E-state index contributed by atoms with van der Waals surface area (Å²) in [6, 6.07) is 21.4. The summed E-state index contributed by atoms with van der Waals surface area (Å²) in [5.41, 5.74) is 9.36. The van der Waals surface area contributed by atoms with Gasteiger partial charge in [-0.15, -0.1) is 11.3 Å². The predicted octanol–water partition coefficient (Wildman–Crippen LogP) is 4.91. The van der Waals surface area contributed by atoms with Crippen LogP contribution in [-0.2, 0) is 5.54 Å². The van der Waals surface area contributed by atoms with E-state index < -0.39 is 0 Å². The first-order valence-corrected chi connectivity index (χ1v) is 11.2. The van der Waals surface area contributed by atoms with E-state index in [1.165, 1.54) is 28.0 Å². The molecule has 1 saturated heterocycles. The number of para-hydroxylation sites is 1. The lowest BCUT2D eigenvalue weighted by atomic mass is 9.82. The smallest absolute Gasteiger partial charge is 0.182 e. The lowest BCUT2D eigenvalue weighted by molar-refractivity contribution is 0.349. The fourth-order valence-corrected chi connectivity index (χ4v) is 5.25. The maximum atomic E-state index is 6.00. The molecule has 1 aliphatic heterocycles. The second-order valence-corrected chi connectivity index (χ2v) is 8.61. The Hall–Kier alpha value is -3.12. The first-order chi connectivity index (χ1) is 14.7. The lowest BCUT2D eigenvalue weighted by Crippen LogP contribution is -2.60. The molecule has 2 aromatic carbocycles. The fourth-order valence-electron chi connectivity index (χ4n) is 4.70. The van der Waals surface area contributed by atoms with Gasteiger partial charge in [0.2, 0.25) is 0 Å². The third-order valence-electron chi connectivity index (χ3n) is 6.20. The molecular formula is C24H25N5S. The van der Waals surface area contributed by atoms with E-state index in [1.807, 2.05) is 12.3 Å². The average molecular weight is 416 g/mol. The number of nitrogens with two attached hydrogens (primary N) is 1. The highest BCUT2D eigenvalue weighted by Crippen LogP contribution is 2.41. The van der Waals surface area contributed by atoms with Gasteiger partial charge in [0.05, 0.1) is 16.7 Å². The zero-order valence-electron chi connectivity index (χ0n) is 17.0. The van der Waals surface area contributed by atoms with Gasteiger partial charge >= 0.3 is 0 Å². The number of hydrogen-bond acceptors (Lipinski definition) is 6. The standard InChI is InChI=1S/C24H25N5S/c1-2-24(19-10-4-3-5-11-19)17-28(14-15-29(24)21-16-30-23(25)27-21)20-12-6-8-18-9-7-13-26-22(18)20/h3-13,16H,2,14-15,17H2,1H3,(H2,25,27). The van der Waals surface area contributed by atoms with E-state index in [0.717, 1.165) is 37.4 Å². The molecule has 1 fully saturated rings. The Morgan fingerprint density at radius 2 is 1.87 bits per heavy atom. The SMILES string of the molecule is CCC1(c2ccccc2)CN(c2cccc3cccnc23)CCN1c1csc(N)n1. The number of anilines is 3. The van der Waals surface area contributed by atoms with E-state index in [9.17, 15) is 0 Å². The monoisotopic (exact) mass is 415 g/mol. The largest absolute Gasteiger partial charge is 0.375 e. The van der Waals surface area contributed by atoms with Crippen LogP contribution in [0.2, 0.25) is 0 Å². The van der Waals surface area contributed by atoms with Crippen molar-refractivity contribution in [1.82, 2.24) is 9.97 Å². The number of aromatic nitrogens is 2. The summed E-state index contributed by atoms with van der Waals surface area (Å²) < 4.78 is 0. The van der Waals surface area contributed by atoms with Crippen molar-refractivity contribution in [2.45, 2.75) is 18.9 Å². The van der Waals surface area contributed by atoms with Gasteiger partial charge in [0.25, 0.3) is 0 Å². The Bertz CT molecular complexity index is 1150. The van der Waals surface area contributed by atoms with E-state index in [1.54, 1.807) is 0 Å². The van der Waals surface area contributed by atoms with E-state index >= 15 is 0 Å². The van der Waals surface area contributed by atoms with Crippen LogP contribution in [0.1, 0.15) is 18.9 Å². The molecule has 5 nitrogen and oxygen atoms in total. The number of pyridine rings is 1. The molecule has 0 spiro atoms. The summed E-state index contributed by atoms with van der Waals surface area (Å²) in [6.45, 7) is 4.90. The summed E-state index contributed by atoms with van der Waals surface area (Å²) >= 11 is 1.50. The third kappa shape index (κ3) is 3.08. The minimum Gasteiger partial charge on any atom is -0.375 e. The van der Waals surface area contributed by atoms with Crippen LogP contribution < -0.4 is 15.5 Å². The maximum Gasteiger partial charge on any atom is 0.182 e. The minimum absolute atomic E-state index is 0.197. The number of rotatable bonds is 4. The Morgan fingerprint density at radius 1 is 1.03 bits per heavy atom. The Morgan fingerprint density at radius 3 is 2.63 bits per heavy atom. The zero-order chi connectivity index (χ0) is 20.6. The Balaban J connectivity index is 1.62. The molecule has 0 amide bonds. The van der Waals surface area contributed by atoms with Crippen molar-refractivity contribution in [3.8, 4) is 0 Å². The normalized spacial score (nSPS) is 19.4. The fraction of sp³-hybridized carbons (Fsp3) is 0.250. The number of fused-ring (bicyclic) bond motifs is 1. The Labute approximate surface area is 180 Å². The van der Waals surface area contributed by atoms with Gasteiger partial charge in [-0.2, -0.15) is 0 Å². The minimum atomic E-state index is -0.197. The van der Waals surface area contributed by atoms with Crippen molar-refractivity contribution in [2.75, 3.05) is 35.2 Å². The van der Waals surface area contributed by atoms with E-state index in [-0.39, 0.29) is 5.54 Å². The van der Waals surface area contributed by atoms with Crippen LogP contribution in [0.5, 0.6) is 0 Å². The molecule has 0 bridgehead atoms. The number of thiazole rings is 1. The molecule has 0 aliphatic carbocycles. The second kappa shape index (κ2) is 7.61. The van der Waals surface area contributed by atoms with Crippen molar-refractivity contribution in [3.63, 3.8) is 0 Å². The highest BCUT2D eigenvalue weighted by atomic mass is 32.1. The molecule has 1 unspecified atom stereocenters. The molecule has 6 heteroatoms. The zero-order valence-corrected chi connectivity index (χ0v) is 17.8. The maximum absolute atomic E-state index is 6.00. The van der Waals surface area contributed by atoms with Crippen LogP contribution in [-0.4, -0.2) is 29.6 Å². The first kappa shape index (κ1) is 18.9. The van der Waals surface area contributed by atoms with Gasteiger partial charge in [-0.05, 0) is 24.1 Å². The molecule has 30 heavy (non-hydrogen) atoms. The molecule has 5 rings (SSSR count). The summed E-state index contributed by atoms with van der Waals surface area (Å²) in [6.07, 6.45) is 2.84. The highest BCUT2D eigenvalue weighted by Gasteiger charge is 2.43. The molecule has 1 atom stereocenters.